The SMILES string of the molecule is CN=C(NCCC(=O)NC(C)C)NCC(C)(C)NC(=O)OC(C)(C)C.I. The van der Waals surface area contributed by atoms with Crippen molar-refractivity contribution in [3.05, 3.63) is 0 Å². The van der Waals surface area contributed by atoms with Gasteiger partial charge in [-0.3, -0.25) is 9.79 Å². The van der Waals surface area contributed by atoms with Crippen LogP contribution in [0.25, 0.3) is 0 Å². The summed E-state index contributed by atoms with van der Waals surface area (Å²) in [6.07, 6.45) is -0.106. The van der Waals surface area contributed by atoms with E-state index in [-0.39, 0.29) is 35.9 Å². The number of guanidine groups is 1. The van der Waals surface area contributed by atoms with Gasteiger partial charge in [0.25, 0.3) is 0 Å². The number of ether oxygens (including phenoxy) is 1. The Hall–Kier alpha value is -1.26. The van der Waals surface area contributed by atoms with Crippen LogP contribution < -0.4 is 21.3 Å². The van der Waals surface area contributed by atoms with Gasteiger partial charge in [-0.05, 0) is 48.5 Å². The molecule has 0 aromatic rings. The number of hydrogen-bond donors (Lipinski definition) is 4. The molecule has 0 fully saturated rings. The molecule has 0 rings (SSSR count). The number of aliphatic imine (C=N–C) groups is 1. The number of halogens is 1. The fourth-order valence-electron chi connectivity index (χ4n) is 1.84. The number of nitrogens with one attached hydrogen (secondary N) is 4. The van der Waals surface area contributed by atoms with Crippen molar-refractivity contribution in [1.29, 1.82) is 0 Å². The lowest BCUT2D eigenvalue weighted by Crippen LogP contribution is -2.54. The molecule has 26 heavy (non-hydrogen) atoms. The van der Waals surface area contributed by atoms with Crippen molar-refractivity contribution in [2.45, 2.75) is 72.1 Å². The second kappa shape index (κ2) is 12.2. The van der Waals surface area contributed by atoms with Crippen molar-refractivity contribution < 1.29 is 14.3 Å². The molecule has 0 aliphatic carbocycles. The molecule has 154 valence electrons. The first-order chi connectivity index (χ1) is 11.3. The number of carbonyl (C=O) groups is 2. The Balaban J connectivity index is 0. The third-order valence-corrected chi connectivity index (χ3v) is 2.85. The predicted molar refractivity (Wildman–Crippen MR) is 116 cm³/mol. The first-order valence-electron chi connectivity index (χ1n) is 8.59. The minimum atomic E-state index is -0.540. The van der Waals surface area contributed by atoms with Gasteiger partial charge in [-0.25, -0.2) is 4.79 Å². The van der Waals surface area contributed by atoms with E-state index in [0.717, 1.165) is 0 Å². The second-order valence-electron chi connectivity index (χ2n) is 7.84. The highest BCUT2D eigenvalue weighted by Gasteiger charge is 2.24. The summed E-state index contributed by atoms with van der Waals surface area (Å²) in [5.74, 6) is 0.557. The molecular weight excluding hydrogens is 449 g/mol. The fourth-order valence-corrected chi connectivity index (χ4v) is 1.84. The summed E-state index contributed by atoms with van der Waals surface area (Å²) in [7, 11) is 1.65. The average Bonchev–Trinajstić information content (AvgIpc) is 2.38. The average molecular weight is 485 g/mol. The Labute approximate surface area is 174 Å². The summed E-state index contributed by atoms with van der Waals surface area (Å²) in [6.45, 7) is 14.0. The summed E-state index contributed by atoms with van der Waals surface area (Å²) in [5, 5.41) is 11.8. The van der Waals surface area contributed by atoms with E-state index in [1.807, 2.05) is 48.5 Å². The Kier molecular flexibility index (Phi) is 12.6. The lowest BCUT2D eigenvalue weighted by atomic mass is 10.1. The van der Waals surface area contributed by atoms with Crippen molar-refractivity contribution in [3.63, 3.8) is 0 Å². The van der Waals surface area contributed by atoms with Crippen LogP contribution in [0.3, 0.4) is 0 Å². The zero-order chi connectivity index (χ0) is 19.7. The van der Waals surface area contributed by atoms with Gasteiger partial charge in [0.1, 0.15) is 5.60 Å². The van der Waals surface area contributed by atoms with Gasteiger partial charge >= 0.3 is 6.09 Å². The number of nitrogens with zero attached hydrogens (tertiary/aromatic N) is 1. The summed E-state index contributed by atoms with van der Waals surface area (Å²) in [6, 6.07) is 0.129. The Bertz CT molecular complexity index is 474. The molecule has 0 aliphatic heterocycles. The van der Waals surface area contributed by atoms with Gasteiger partial charge in [-0.2, -0.15) is 0 Å². The molecule has 4 N–H and O–H groups in total. The van der Waals surface area contributed by atoms with Crippen LogP contribution in [0.15, 0.2) is 4.99 Å². The lowest BCUT2D eigenvalue weighted by molar-refractivity contribution is -0.121. The van der Waals surface area contributed by atoms with Gasteiger partial charge in [-0.1, -0.05) is 0 Å². The molecule has 0 aromatic heterocycles. The molecule has 9 heteroatoms. The van der Waals surface area contributed by atoms with Gasteiger partial charge in [0.15, 0.2) is 5.96 Å². The molecule has 0 bridgehead atoms. The number of carbonyl (C=O) groups excluding carboxylic acids is 2. The van der Waals surface area contributed by atoms with Crippen LogP contribution in [0, 0.1) is 0 Å². The molecule has 8 nitrogen and oxygen atoms in total. The second-order valence-corrected chi connectivity index (χ2v) is 7.84. The highest BCUT2D eigenvalue weighted by atomic mass is 127. The van der Waals surface area contributed by atoms with Crippen LogP contribution in [-0.4, -0.2) is 55.3 Å². The van der Waals surface area contributed by atoms with E-state index < -0.39 is 17.2 Å². The summed E-state index contributed by atoms with van der Waals surface area (Å²) >= 11 is 0. The number of rotatable bonds is 7. The zero-order valence-corrected chi connectivity index (χ0v) is 19.6. The van der Waals surface area contributed by atoms with E-state index in [9.17, 15) is 9.59 Å². The monoisotopic (exact) mass is 485 g/mol. The van der Waals surface area contributed by atoms with Gasteiger partial charge in [0.05, 0.1) is 5.54 Å². The molecule has 0 saturated carbocycles. The number of alkyl carbamates (subject to hydrolysis) is 1. The molecule has 0 heterocycles. The molecule has 0 aliphatic rings. The molecule has 0 radical (unpaired) electrons. The zero-order valence-electron chi connectivity index (χ0n) is 17.3. The fraction of sp³-hybridized carbons (Fsp3) is 0.824. The standard InChI is InChI=1S/C17H35N5O3.HI/c1-12(2)21-13(23)9-10-19-14(18-8)20-11-17(6,7)22-15(24)25-16(3,4)5;/h12H,9-11H2,1-8H3,(H,21,23)(H,22,24)(H2,18,19,20);1H. The van der Waals surface area contributed by atoms with E-state index in [0.29, 0.717) is 25.5 Å². The normalized spacial score (nSPS) is 12.1. The van der Waals surface area contributed by atoms with Crippen molar-refractivity contribution in [3.8, 4) is 0 Å². The largest absolute Gasteiger partial charge is 0.444 e. The molecular formula is C17H36IN5O3. The molecule has 0 aromatic carbocycles. The van der Waals surface area contributed by atoms with Crippen molar-refractivity contribution in [1.82, 2.24) is 21.3 Å². The Morgan fingerprint density at radius 1 is 1.08 bits per heavy atom. The lowest BCUT2D eigenvalue weighted by Gasteiger charge is -2.29. The van der Waals surface area contributed by atoms with Gasteiger partial charge in [0, 0.05) is 32.6 Å². The number of amides is 2. The maximum atomic E-state index is 11.9. The third kappa shape index (κ3) is 15.0. The predicted octanol–water partition coefficient (Wildman–Crippen LogP) is 1.99. The Morgan fingerprint density at radius 2 is 1.65 bits per heavy atom. The Morgan fingerprint density at radius 3 is 2.12 bits per heavy atom. The molecule has 0 saturated heterocycles. The first kappa shape index (κ1) is 27.0. The topological polar surface area (TPSA) is 104 Å². The summed E-state index contributed by atoms with van der Waals surface area (Å²) in [4.78, 5) is 27.6. The highest BCUT2D eigenvalue weighted by Crippen LogP contribution is 2.09. The molecule has 0 spiro atoms. The minimum Gasteiger partial charge on any atom is -0.444 e. The smallest absolute Gasteiger partial charge is 0.408 e. The van der Waals surface area contributed by atoms with Gasteiger partial charge in [0.2, 0.25) is 5.91 Å². The molecule has 0 atom stereocenters. The number of hydrogen-bond acceptors (Lipinski definition) is 4. The third-order valence-electron chi connectivity index (χ3n) is 2.85. The van der Waals surface area contributed by atoms with Crippen LogP contribution in [0.1, 0.15) is 54.9 Å². The highest BCUT2D eigenvalue weighted by molar-refractivity contribution is 14.0. The molecule has 2 amide bonds. The van der Waals surface area contributed by atoms with Crippen molar-refractivity contribution in [2.24, 2.45) is 4.99 Å². The van der Waals surface area contributed by atoms with Crippen LogP contribution in [0.5, 0.6) is 0 Å². The quantitative estimate of drug-likeness (QED) is 0.251. The van der Waals surface area contributed by atoms with E-state index in [4.69, 9.17) is 4.74 Å². The summed E-state index contributed by atoms with van der Waals surface area (Å²) < 4.78 is 5.26. The van der Waals surface area contributed by atoms with Crippen LogP contribution in [0.2, 0.25) is 0 Å². The minimum absolute atomic E-state index is 0. The van der Waals surface area contributed by atoms with E-state index in [2.05, 4.69) is 26.3 Å². The van der Waals surface area contributed by atoms with Gasteiger partial charge in [-0.15, -0.1) is 24.0 Å². The maximum Gasteiger partial charge on any atom is 0.408 e. The first-order valence-corrected chi connectivity index (χ1v) is 8.59. The van der Waals surface area contributed by atoms with Crippen molar-refractivity contribution >= 4 is 41.9 Å². The van der Waals surface area contributed by atoms with E-state index in [1.165, 1.54) is 0 Å². The molecule has 0 unspecified atom stereocenters. The van der Waals surface area contributed by atoms with Crippen LogP contribution in [-0.2, 0) is 9.53 Å². The summed E-state index contributed by atoms with van der Waals surface area (Å²) in [5.41, 5.74) is -1.07. The maximum absolute atomic E-state index is 11.9. The van der Waals surface area contributed by atoms with E-state index in [1.54, 1.807) is 7.05 Å². The van der Waals surface area contributed by atoms with Gasteiger partial charge < -0.3 is 26.0 Å². The van der Waals surface area contributed by atoms with Crippen LogP contribution >= 0.6 is 24.0 Å². The van der Waals surface area contributed by atoms with Crippen LogP contribution in [0.4, 0.5) is 4.79 Å². The van der Waals surface area contributed by atoms with Crippen molar-refractivity contribution in [2.75, 3.05) is 20.1 Å². The van der Waals surface area contributed by atoms with E-state index >= 15 is 0 Å².